The van der Waals surface area contributed by atoms with Crippen molar-refractivity contribution >= 4 is 5.69 Å². The van der Waals surface area contributed by atoms with E-state index < -0.39 is 0 Å². The lowest BCUT2D eigenvalue weighted by atomic mass is 10.2. The van der Waals surface area contributed by atoms with Crippen molar-refractivity contribution in [3.05, 3.63) is 54.1 Å². The summed E-state index contributed by atoms with van der Waals surface area (Å²) in [6.45, 7) is 3.72. The summed E-state index contributed by atoms with van der Waals surface area (Å²) in [6, 6.07) is 16.3. The molecule has 28 heavy (non-hydrogen) atoms. The van der Waals surface area contributed by atoms with E-state index in [0.29, 0.717) is 13.2 Å². The molecule has 2 saturated heterocycles. The number of hydrogen-bond donors (Lipinski definition) is 1. The van der Waals surface area contributed by atoms with E-state index in [0.717, 1.165) is 62.6 Å². The third-order valence-corrected chi connectivity index (χ3v) is 5.17. The molecule has 2 aliphatic heterocycles. The van der Waals surface area contributed by atoms with Crippen molar-refractivity contribution in [2.45, 2.75) is 44.4 Å². The van der Waals surface area contributed by atoms with Gasteiger partial charge >= 0.3 is 0 Å². The van der Waals surface area contributed by atoms with Crippen LogP contribution in [0, 0.1) is 0 Å². The van der Waals surface area contributed by atoms with Crippen LogP contribution in [-0.2, 0) is 16.0 Å². The number of hydrogen-bond acceptors (Lipinski definition) is 5. The molecule has 5 nitrogen and oxygen atoms in total. The summed E-state index contributed by atoms with van der Waals surface area (Å²) < 4.78 is 22.9. The maximum atomic E-state index is 5.88. The van der Waals surface area contributed by atoms with Gasteiger partial charge in [-0.2, -0.15) is 0 Å². The first kappa shape index (κ1) is 19.1. The van der Waals surface area contributed by atoms with Crippen molar-refractivity contribution in [1.82, 2.24) is 0 Å². The Bertz CT molecular complexity index is 722. The van der Waals surface area contributed by atoms with Crippen molar-refractivity contribution in [1.29, 1.82) is 0 Å². The molecule has 2 heterocycles. The lowest BCUT2D eigenvalue weighted by molar-refractivity contribution is 0.0679. The second kappa shape index (κ2) is 9.80. The largest absolute Gasteiger partial charge is 0.491 e. The van der Waals surface area contributed by atoms with E-state index in [1.54, 1.807) is 0 Å². The van der Waals surface area contributed by atoms with Crippen LogP contribution in [0.1, 0.15) is 31.2 Å². The quantitative estimate of drug-likeness (QED) is 0.695. The first-order chi connectivity index (χ1) is 13.8. The fourth-order valence-corrected chi connectivity index (χ4v) is 3.53. The lowest BCUT2D eigenvalue weighted by Gasteiger charge is -2.13. The number of ether oxygens (including phenoxy) is 4. The van der Waals surface area contributed by atoms with Crippen LogP contribution in [0.3, 0.4) is 0 Å². The Labute approximate surface area is 166 Å². The lowest BCUT2D eigenvalue weighted by Crippen LogP contribution is -2.16. The van der Waals surface area contributed by atoms with Crippen molar-refractivity contribution < 1.29 is 18.9 Å². The molecule has 0 bridgehead atoms. The smallest absolute Gasteiger partial charge is 0.121 e. The van der Waals surface area contributed by atoms with Gasteiger partial charge in [0, 0.05) is 31.5 Å². The van der Waals surface area contributed by atoms with Gasteiger partial charge in [0.05, 0.1) is 12.2 Å². The predicted molar refractivity (Wildman–Crippen MR) is 109 cm³/mol. The highest BCUT2D eigenvalue weighted by atomic mass is 16.5. The molecule has 1 N–H and O–H groups in total. The van der Waals surface area contributed by atoms with E-state index in [1.807, 2.05) is 30.3 Å². The Balaban J connectivity index is 1.22. The SMILES string of the molecule is c1cc(NCc2ccc(OC[C@H]3CCCO3)cc2)cc(OC[C@@H]2CCCO2)c1. The zero-order chi connectivity index (χ0) is 19.0. The fraction of sp³-hybridized carbons (Fsp3) is 0.478. The molecule has 2 aliphatic rings. The molecule has 150 valence electrons. The zero-order valence-corrected chi connectivity index (χ0v) is 16.3. The summed E-state index contributed by atoms with van der Waals surface area (Å²) in [7, 11) is 0. The van der Waals surface area contributed by atoms with Crippen LogP contribution in [0.15, 0.2) is 48.5 Å². The fourth-order valence-electron chi connectivity index (χ4n) is 3.53. The van der Waals surface area contributed by atoms with Gasteiger partial charge in [0.25, 0.3) is 0 Å². The molecule has 4 rings (SSSR count). The van der Waals surface area contributed by atoms with Crippen LogP contribution in [0.25, 0.3) is 0 Å². The summed E-state index contributed by atoms with van der Waals surface area (Å²) in [5.74, 6) is 1.77. The van der Waals surface area contributed by atoms with Gasteiger partial charge in [0.1, 0.15) is 24.7 Å². The van der Waals surface area contributed by atoms with Crippen LogP contribution < -0.4 is 14.8 Å². The van der Waals surface area contributed by atoms with Crippen LogP contribution in [0.5, 0.6) is 11.5 Å². The molecule has 2 atom stereocenters. The van der Waals surface area contributed by atoms with Crippen molar-refractivity contribution in [2.75, 3.05) is 31.7 Å². The summed E-state index contributed by atoms with van der Waals surface area (Å²) >= 11 is 0. The Morgan fingerprint density at radius 3 is 2.14 bits per heavy atom. The van der Waals surface area contributed by atoms with Crippen molar-refractivity contribution in [3.8, 4) is 11.5 Å². The number of nitrogens with one attached hydrogen (secondary N) is 1. The van der Waals surface area contributed by atoms with Crippen LogP contribution in [0.4, 0.5) is 5.69 Å². The Kier molecular flexibility index (Phi) is 6.68. The molecule has 5 heteroatoms. The molecule has 0 radical (unpaired) electrons. The molecular formula is C23H29NO4. The van der Waals surface area contributed by atoms with E-state index in [4.69, 9.17) is 18.9 Å². The van der Waals surface area contributed by atoms with E-state index >= 15 is 0 Å². The zero-order valence-electron chi connectivity index (χ0n) is 16.3. The highest BCUT2D eigenvalue weighted by molar-refractivity contribution is 5.48. The summed E-state index contributed by atoms with van der Waals surface area (Å²) in [5.41, 5.74) is 2.25. The average molecular weight is 383 g/mol. The second-order valence-electron chi connectivity index (χ2n) is 7.42. The predicted octanol–water partition coefficient (Wildman–Crippen LogP) is 4.41. The first-order valence-electron chi connectivity index (χ1n) is 10.3. The molecular weight excluding hydrogens is 354 g/mol. The highest BCUT2D eigenvalue weighted by Gasteiger charge is 2.16. The second-order valence-corrected chi connectivity index (χ2v) is 7.42. The number of rotatable bonds is 9. The minimum Gasteiger partial charge on any atom is -0.491 e. The van der Waals surface area contributed by atoms with Crippen LogP contribution in [-0.4, -0.2) is 38.6 Å². The van der Waals surface area contributed by atoms with E-state index in [1.165, 1.54) is 5.56 Å². The first-order valence-corrected chi connectivity index (χ1v) is 10.3. The maximum absolute atomic E-state index is 5.88. The van der Waals surface area contributed by atoms with E-state index in [-0.39, 0.29) is 12.2 Å². The van der Waals surface area contributed by atoms with Crippen LogP contribution >= 0.6 is 0 Å². The minimum atomic E-state index is 0.234. The minimum absolute atomic E-state index is 0.234. The van der Waals surface area contributed by atoms with Gasteiger partial charge in [0.2, 0.25) is 0 Å². The molecule has 0 aromatic heterocycles. The van der Waals surface area contributed by atoms with Crippen molar-refractivity contribution in [2.24, 2.45) is 0 Å². The van der Waals surface area contributed by atoms with Gasteiger partial charge in [-0.1, -0.05) is 18.2 Å². The molecule has 0 unspecified atom stereocenters. The van der Waals surface area contributed by atoms with Gasteiger partial charge in [-0.25, -0.2) is 0 Å². The number of anilines is 1. The van der Waals surface area contributed by atoms with Crippen molar-refractivity contribution in [3.63, 3.8) is 0 Å². The summed E-state index contributed by atoms with van der Waals surface area (Å²) in [6.07, 6.45) is 4.94. The summed E-state index contributed by atoms with van der Waals surface area (Å²) in [4.78, 5) is 0. The Morgan fingerprint density at radius 1 is 0.821 bits per heavy atom. The monoisotopic (exact) mass is 383 g/mol. The molecule has 0 amide bonds. The topological polar surface area (TPSA) is 49.0 Å². The van der Waals surface area contributed by atoms with Crippen LogP contribution in [0.2, 0.25) is 0 Å². The standard InChI is InChI=1S/C23H29NO4/c1-4-19(14-21(5-1)28-17-23-7-3-13-26-23)24-15-18-8-10-20(11-9-18)27-16-22-6-2-12-25-22/h1,4-5,8-11,14,22-24H,2-3,6-7,12-13,15-17H2/t22-,23+/m1/s1. The molecule has 0 spiro atoms. The van der Waals surface area contributed by atoms with E-state index in [2.05, 4.69) is 23.5 Å². The van der Waals surface area contributed by atoms with Gasteiger partial charge in [0.15, 0.2) is 0 Å². The Hall–Kier alpha value is -2.24. The third-order valence-electron chi connectivity index (χ3n) is 5.17. The molecule has 2 aromatic rings. The molecule has 2 aromatic carbocycles. The number of benzene rings is 2. The Morgan fingerprint density at radius 2 is 1.50 bits per heavy atom. The maximum Gasteiger partial charge on any atom is 0.121 e. The normalized spacial score (nSPS) is 21.6. The third kappa shape index (κ3) is 5.63. The molecule has 0 aliphatic carbocycles. The molecule has 0 saturated carbocycles. The van der Waals surface area contributed by atoms with Gasteiger partial charge < -0.3 is 24.3 Å². The average Bonchev–Trinajstić information content (AvgIpc) is 3.44. The van der Waals surface area contributed by atoms with Gasteiger partial charge in [-0.3, -0.25) is 0 Å². The van der Waals surface area contributed by atoms with Gasteiger partial charge in [-0.15, -0.1) is 0 Å². The van der Waals surface area contributed by atoms with Gasteiger partial charge in [-0.05, 0) is 55.5 Å². The van der Waals surface area contributed by atoms with E-state index in [9.17, 15) is 0 Å². The highest BCUT2D eigenvalue weighted by Crippen LogP contribution is 2.21. The molecule has 2 fully saturated rings. The summed E-state index contributed by atoms with van der Waals surface area (Å²) in [5, 5.41) is 3.45.